The zero-order valence-electron chi connectivity index (χ0n) is 8.06. The zero-order chi connectivity index (χ0) is 10.8. The molecule has 82 valence electrons. The lowest BCUT2D eigenvalue weighted by Gasteiger charge is -2.12. The molecular weight excluding hydrogens is 206 g/mol. The third kappa shape index (κ3) is 4.57. The number of carboxylic acid groups (broad SMARTS) is 1. The number of aliphatic carboxylic acids is 1. The molecule has 14 heavy (non-hydrogen) atoms. The summed E-state index contributed by atoms with van der Waals surface area (Å²) in [5, 5.41) is 8.34. The summed E-state index contributed by atoms with van der Waals surface area (Å²) in [5.41, 5.74) is 0. The highest BCUT2D eigenvalue weighted by Crippen LogP contribution is 2.33. The lowest BCUT2D eigenvalue weighted by molar-refractivity contribution is -0.134. The quantitative estimate of drug-likeness (QED) is 0.670. The molecule has 0 radical (unpaired) electrons. The van der Waals surface area contributed by atoms with Crippen LogP contribution in [0, 0.1) is 5.92 Å². The van der Waals surface area contributed by atoms with E-state index in [1.807, 2.05) is 0 Å². The molecule has 0 amide bonds. The molecule has 1 rings (SSSR count). The number of rotatable bonds is 6. The Kier molecular flexibility index (Phi) is 3.49. The summed E-state index contributed by atoms with van der Waals surface area (Å²) in [4.78, 5) is 10.2. The van der Waals surface area contributed by atoms with Crippen LogP contribution in [0.5, 0.6) is 0 Å². The number of carbonyl (C=O) groups is 1. The SMILES string of the molecule is CC(CC1CC1)NS(=O)(=O)CC(=O)O. The van der Waals surface area contributed by atoms with Crippen LogP contribution in [0.2, 0.25) is 0 Å². The second kappa shape index (κ2) is 4.27. The minimum Gasteiger partial charge on any atom is -0.480 e. The highest BCUT2D eigenvalue weighted by atomic mass is 32.2. The van der Waals surface area contributed by atoms with Crippen molar-refractivity contribution < 1.29 is 18.3 Å². The molecular formula is C8H15NO4S. The zero-order valence-corrected chi connectivity index (χ0v) is 8.88. The van der Waals surface area contributed by atoms with Gasteiger partial charge in [-0.25, -0.2) is 13.1 Å². The van der Waals surface area contributed by atoms with Crippen LogP contribution in [-0.4, -0.2) is 31.3 Å². The van der Waals surface area contributed by atoms with Gasteiger partial charge in [0.25, 0.3) is 0 Å². The predicted molar refractivity (Wildman–Crippen MR) is 51.4 cm³/mol. The summed E-state index contributed by atoms with van der Waals surface area (Å²) in [6.45, 7) is 1.76. The van der Waals surface area contributed by atoms with E-state index in [0.717, 1.165) is 19.3 Å². The standard InChI is InChI=1S/C8H15NO4S/c1-6(4-7-2-3-7)9-14(12,13)5-8(10)11/h6-7,9H,2-5H2,1H3,(H,10,11). The van der Waals surface area contributed by atoms with Crippen molar-refractivity contribution in [3.63, 3.8) is 0 Å². The molecule has 0 aliphatic heterocycles. The first-order valence-electron chi connectivity index (χ1n) is 4.61. The molecule has 0 aromatic carbocycles. The molecule has 1 aliphatic rings. The van der Waals surface area contributed by atoms with E-state index in [1.165, 1.54) is 0 Å². The van der Waals surface area contributed by atoms with Gasteiger partial charge in [0.15, 0.2) is 5.75 Å². The molecule has 2 N–H and O–H groups in total. The van der Waals surface area contributed by atoms with Crippen LogP contribution in [0.4, 0.5) is 0 Å². The second-order valence-electron chi connectivity index (χ2n) is 3.85. The highest BCUT2D eigenvalue weighted by Gasteiger charge is 2.26. The van der Waals surface area contributed by atoms with Gasteiger partial charge in [0, 0.05) is 6.04 Å². The van der Waals surface area contributed by atoms with Crippen molar-refractivity contribution in [1.29, 1.82) is 0 Å². The lowest BCUT2D eigenvalue weighted by atomic mass is 10.2. The van der Waals surface area contributed by atoms with Crippen molar-refractivity contribution in [2.45, 2.75) is 32.2 Å². The van der Waals surface area contributed by atoms with E-state index in [1.54, 1.807) is 6.92 Å². The van der Waals surface area contributed by atoms with Gasteiger partial charge in [0.2, 0.25) is 10.0 Å². The molecule has 1 aliphatic carbocycles. The van der Waals surface area contributed by atoms with Gasteiger partial charge in [-0.3, -0.25) is 4.79 Å². The van der Waals surface area contributed by atoms with Gasteiger partial charge in [-0.1, -0.05) is 12.8 Å². The molecule has 5 nitrogen and oxygen atoms in total. The lowest BCUT2D eigenvalue weighted by Crippen LogP contribution is -2.36. The first-order chi connectivity index (χ1) is 6.39. The van der Waals surface area contributed by atoms with Crippen molar-refractivity contribution in [3.05, 3.63) is 0 Å². The van der Waals surface area contributed by atoms with E-state index < -0.39 is 21.7 Å². The van der Waals surface area contributed by atoms with E-state index in [9.17, 15) is 13.2 Å². The monoisotopic (exact) mass is 221 g/mol. The van der Waals surface area contributed by atoms with Gasteiger partial charge >= 0.3 is 5.97 Å². The molecule has 0 saturated heterocycles. The predicted octanol–water partition coefficient (Wildman–Crippen LogP) is 0.179. The van der Waals surface area contributed by atoms with E-state index in [2.05, 4.69) is 4.72 Å². The van der Waals surface area contributed by atoms with Gasteiger partial charge in [-0.15, -0.1) is 0 Å². The summed E-state index contributed by atoms with van der Waals surface area (Å²) >= 11 is 0. The van der Waals surface area contributed by atoms with Crippen LogP contribution < -0.4 is 4.72 Å². The molecule has 0 aromatic heterocycles. The van der Waals surface area contributed by atoms with E-state index in [-0.39, 0.29) is 6.04 Å². The number of carboxylic acids is 1. The highest BCUT2D eigenvalue weighted by molar-refractivity contribution is 7.90. The average molecular weight is 221 g/mol. The van der Waals surface area contributed by atoms with Gasteiger partial charge < -0.3 is 5.11 Å². The van der Waals surface area contributed by atoms with Crippen molar-refractivity contribution >= 4 is 16.0 Å². The smallest absolute Gasteiger partial charge is 0.320 e. The molecule has 1 saturated carbocycles. The number of nitrogens with one attached hydrogen (secondary N) is 1. The summed E-state index contributed by atoms with van der Waals surface area (Å²) in [5.74, 6) is -1.55. The molecule has 0 bridgehead atoms. The molecule has 1 unspecified atom stereocenters. The Bertz CT molecular complexity index is 307. The van der Waals surface area contributed by atoms with Crippen LogP contribution in [0.3, 0.4) is 0 Å². The first-order valence-corrected chi connectivity index (χ1v) is 6.26. The third-order valence-electron chi connectivity index (χ3n) is 2.08. The van der Waals surface area contributed by atoms with Crippen LogP contribution in [-0.2, 0) is 14.8 Å². The second-order valence-corrected chi connectivity index (χ2v) is 5.60. The summed E-state index contributed by atoms with van der Waals surface area (Å²) in [7, 11) is -3.65. The van der Waals surface area contributed by atoms with Crippen LogP contribution >= 0.6 is 0 Å². The van der Waals surface area contributed by atoms with E-state index in [0.29, 0.717) is 5.92 Å². The van der Waals surface area contributed by atoms with Crippen molar-refractivity contribution in [3.8, 4) is 0 Å². The fourth-order valence-electron chi connectivity index (χ4n) is 1.41. The average Bonchev–Trinajstić information content (AvgIpc) is 2.64. The number of hydrogen-bond donors (Lipinski definition) is 2. The minimum atomic E-state index is -3.65. The maximum atomic E-state index is 11.2. The van der Waals surface area contributed by atoms with Gasteiger partial charge in [0.05, 0.1) is 0 Å². The summed E-state index contributed by atoms with van der Waals surface area (Å²) in [6, 6.07) is -0.160. The Morgan fingerprint density at radius 1 is 1.57 bits per heavy atom. The number of hydrogen-bond acceptors (Lipinski definition) is 3. The van der Waals surface area contributed by atoms with Gasteiger partial charge in [-0.05, 0) is 19.3 Å². The van der Waals surface area contributed by atoms with Gasteiger partial charge in [-0.2, -0.15) is 0 Å². The molecule has 1 fully saturated rings. The van der Waals surface area contributed by atoms with Crippen molar-refractivity contribution in [2.24, 2.45) is 5.92 Å². The molecule has 0 spiro atoms. The Morgan fingerprint density at radius 2 is 2.14 bits per heavy atom. The Morgan fingerprint density at radius 3 is 2.57 bits per heavy atom. The van der Waals surface area contributed by atoms with Crippen LogP contribution in [0.15, 0.2) is 0 Å². The molecule has 0 heterocycles. The van der Waals surface area contributed by atoms with Crippen molar-refractivity contribution in [1.82, 2.24) is 4.72 Å². The fourth-order valence-corrected chi connectivity index (χ4v) is 2.53. The topological polar surface area (TPSA) is 83.5 Å². The minimum absolute atomic E-state index is 0.160. The van der Waals surface area contributed by atoms with Crippen LogP contribution in [0.1, 0.15) is 26.2 Å². The largest absolute Gasteiger partial charge is 0.480 e. The van der Waals surface area contributed by atoms with Gasteiger partial charge in [0.1, 0.15) is 0 Å². The first kappa shape index (κ1) is 11.5. The maximum absolute atomic E-state index is 11.2. The van der Waals surface area contributed by atoms with E-state index in [4.69, 9.17) is 5.11 Å². The maximum Gasteiger partial charge on any atom is 0.320 e. The Balaban J connectivity index is 2.36. The van der Waals surface area contributed by atoms with Crippen molar-refractivity contribution in [2.75, 3.05) is 5.75 Å². The normalized spacial score (nSPS) is 19.2. The number of sulfonamides is 1. The van der Waals surface area contributed by atoms with Crippen LogP contribution in [0.25, 0.3) is 0 Å². The Hall–Kier alpha value is -0.620. The molecule has 6 heteroatoms. The summed E-state index contributed by atoms with van der Waals surface area (Å²) in [6.07, 6.45) is 3.12. The summed E-state index contributed by atoms with van der Waals surface area (Å²) < 4.78 is 24.7. The molecule has 0 aromatic rings. The molecule has 1 atom stereocenters. The third-order valence-corrected chi connectivity index (χ3v) is 3.47. The fraction of sp³-hybridized carbons (Fsp3) is 0.875. The van der Waals surface area contributed by atoms with E-state index >= 15 is 0 Å². The Labute approximate surface area is 83.6 Å².